The average Bonchev–Trinajstić information content (AvgIpc) is 2.47. The first kappa shape index (κ1) is 16.6. The van der Waals surface area contributed by atoms with Crippen molar-refractivity contribution >= 4 is 5.91 Å². The summed E-state index contributed by atoms with van der Waals surface area (Å²) in [5, 5.41) is 3.25. The van der Waals surface area contributed by atoms with Crippen molar-refractivity contribution in [2.24, 2.45) is 5.92 Å². The Hall–Kier alpha value is -0.780. The number of hydrogen-bond acceptors (Lipinski definition) is 2. The van der Waals surface area contributed by atoms with Crippen molar-refractivity contribution in [1.82, 2.24) is 10.2 Å². The average molecular weight is 306 g/mol. The molecule has 1 N–H and O–H groups in total. The Morgan fingerprint density at radius 2 is 1.67 bits per heavy atom. The third kappa shape index (κ3) is 5.16. The molecular weight excluding hydrogens is 281 g/mol. The maximum absolute atomic E-state index is 12.6. The van der Waals surface area contributed by atoms with E-state index in [1.54, 1.807) is 0 Å². The lowest BCUT2D eigenvalue weighted by molar-refractivity contribution is -0.182. The van der Waals surface area contributed by atoms with E-state index in [0.29, 0.717) is 25.8 Å². The molecule has 122 valence electrons. The van der Waals surface area contributed by atoms with Crippen molar-refractivity contribution in [2.45, 2.75) is 63.6 Å². The van der Waals surface area contributed by atoms with Crippen molar-refractivity contribution in [3.05, 3.63) is 0 Å². The second kappa shape index (κ2) is 7.47. The molecule has 21 heavy (non-hydrogen) atoms. The number of carbonyl (C=O) groups is 1. The van der Waals surface area contributed by atoms with Crippen LogP contribution in [0.1, 0.15) is 51.4 Å². The molecule has 2 fully saturated rings. The SMILES string of the molecule is O=C(CCNC1CCC(C(F)(F)F)CC1)N1CCCCC1. The molecule has 1 amide bonds. The van der Waals surface area contributed by atoms with E-state index >= 15 is 0 Å². The molecule has 0 aromatic carbocycles. The van der Waals surface area contributed by atoms with Crippen LogP contribution in [-0.4, -0.2) is 42.7 Å². The van der Waals surface area contributed by atoms with Crippen LogP contribution in [0, 0.1) is 5.92 Å². The van der Waals surface area contributed by atoms with Gasteiger partial charge in [0.15, 0.2) is 0 Å². The van der Waals surface area contributed by atoms with Gasteiger partial charge in [0.1, 0.15) is 0 Å². The largest absolute Gasteiger partial charge is 0.391 e. The third-order valence-electron chi connectivity index (χ3n) is 4.67. The molecule has 0 radical (unpaired) electrons. The molecular formula is C15H25F3N2O. The highest BCUT2D eigenvalue weighted by molar-refractivity contribution is 5.76. The number of nitrogens with one attached hydrogen (secondary N) is 1. The van der Waals surface area contributed by atoms with Crippen LogP contribution in [0.25, 0.3) is 0 Å². The second-order valence-corrected chi connectivity index (χ2v) is 6.24. The van der Waals surface area contributed by atoms with Gasteiger partial charge >= 0.3 is 6.18 Å². The third-order valence-corrected chi connectivity index (χ3v) is 4.67. The van der Waals surface area contributed by atoms with Crippen LogP contribution in [0.2, 0.25) is 0 Å². The summed E-state index contributed by atoms with van der Waals surface area (Å²) in [5.41, 5.74) is 0. The summed E-state index contributed by atoms with van der Waals surface area (Å²) >= 11 is 0. The first-order valence-electron chi connectivity index (χ1n) is 8.04. The Morgan fingerprint density at radius 3 is 2.24 bits per heavy atom. The smallest absolute Gasteiger partial charge is 0.343 e. The maximum atomic E-state index is 12.6. The van der Waals surface area contributed by atoms with Gasteiger partial charge in [-0.2, -0.15) is 13.2 Å². The zero-order valence-corrected chi connectivity index (χ0v) is 12.4. The van der Waals surface area contributed by atoms with Crippen LogP contribution in [0.4, 0.5) is 13.2 Å². The maximum Gasteiger partial charge on any atom is 0.391 e. The highest BCUT2D eigenvalue weighted by Crippen LogP contribution is 2.37. The molecule has 1 heterocycles. The Balaban J connectivity index is 1.60. The first-order valence-corrected chi connectivity index (χ1v) is 8.04. The Bertz CT molecular complexity index is 332. The predicted octanol–water partition coefficient (Wildman–Crippen LogP) is 3.10. The fourth-order valence-corrected chi connectivity index (χ4v) is 3.31. The van der Waals surface area contributed by atoms with Gasteiger partial charge in [-0.15, -0.1) is 0 Å². The number of likely N-dealkylation sites (tertiary alicyclic amines) is 1. The molecule has 0 unspecified atom stereocenters. The monoisotopic (exact) mass is 306 g/mol. The minimum atomic E-state index is -4.05. The highest BCUT2D eigenvalue weighted by atomic mass is 19.4. The number of hydrogen-bond donors (Lipinski definition) is 1. The van der Waals surface area contributed by atoms with E-state index in [4.69, 9.17) is 0 Å². The van der Waals surface area contributed by atoms with E-state index in [2.05, 4.69) is 5.32 Å². The second-order valence-electron chi connectivity index (χ2n) is 6.24. The molecule has 0 spiro atoms. The van der Waals surface area contributed by atoms with Gasteiger partial charge in [-0.1, -0.05) is 0 Å². The zero-order valence-electron chi connectivity index (χ0n) is 12.4. The summed E-state index contributed by atoms with van der Waals surface area (Å²) in [7, 11) is 0. The fourth-order valence-electron chi connectivity index (χ4n) is 3.31. The summed E-state index contributed by atoms with van der Waals surface area (Å²) in [4.78, 5) is 13.9. The zero-order chi connectivity index (χ0) is 15.3. The van der Waals surface area contributed by atoms with E-state index in [1.807, 2.05) is 4.90 Å². The minimum Gasteiger partial charge on any atom is -0.343 e. The molecule has 1 saturated carbocycles. The van der Waals surface area contributed by atoms with Gasteiger partial charge in [0, 0.05) is 32.1 Å². The van der Waals surface area contributed by atoms with E-state index in [-0.39, 0.29) is 24.8 Å². The molecule has 1 aliphatic heterocycles. The molecule has 0 atom stereocenters. The van der Waals surface area contributed by atoms with Crippen molar-refractivity contribution in [2.75, 3.05) is 19.6 Å². The molecule has 0 bridgehead atoms. The lowest BCUT2D eigenvalue weighted by Crippen LogP contribution is -2.40. The molecule has 1 aliphatic carbocycles. The molecule has 6 heteroatoms. The van der Waals surface area contributed by atoms with Crippen LogP contribution in [-0.2, 0) is 4.79 Å². The van der Waals surface area contributed by atoms with Gasteiger partial charge in [0.25, 0.3) is 0 Å². The predicted molar refractivity (Wildman–Crippen MR) is 74.9 cm³/mol. The quantitative estimate of drug-likeness (QED) is 0.865. The Morgan fingerprint density at radius 1 is 1.05 bits per heavy atom. The van der Waals surface area contributed by atoms with E-state index in [9.17, 15) is 18.0 Å². The van der Waals surface area contributed by atoms with E-state index < -0.39 is 12.1 Å². The number of carbonyl (C=O) groups excluding carboxylic acids is 1. The number of halogens is 3. The van der Waals surface area contributed by atoms with Crippen LogP contribution >= 0.6 is 0 Å². The lowest BCUT2D eigenvalue weighted by atomic mass is 9.85. The standard InChI is InChI=1S/C15H25F3N2O/c16-15(17,18)12-4-6-13(7-5-12)19-9-8-14(21)20-10-2-1-3-11-20/h12-13,19H,1-11H2. The van der Waals surface area contributed by atoms with Crippen LogP contribution in [0.15, 0.2) is 0 Å². The lowest BCUT2D eigenvalue weighted by Gasteiger charge is -2.31. The summed E-state index contributed by atoms with van der Waals surface area (Å²) in [6, 6.07) is 0.137. The number of rotatable bonds is 4. The number of piperidine rings is 1. The first-order chi connectivity index (χ1) is 9.97. The topological polar surface area (TPSA) is 32.3 Å². The van der Waals surface area contributed by atoms with Gasteiger partial charge in [0.2, 0.25) is 5.91 Å². The van der Waals surface area contributed by atoms with Crippen LogP contribution in [0.5, 0.6) is 0 Å². The Kier molecular flexibility index (Phi) is 5.90. The number of amides is 1. The van der Waals surface area contributed by atoms with Crippen molar-refractivity contribution in [3.63, 3.8) is 0 Å². The fraction of sp³-hybridized carbons (Fsp3) is 0.933. The van der Waals surface area contributed by atoms with E-state index in [1.165, 1.54) is 6.42 Å². The summed E-state index contributed by atoms with van der Waals surface area (Å²) in [5.74, 6) is -0.961. The number of alkyl halides is 3. The normalized spacial score (nSPS) is 27.7. The van der Waals surface area contributed by atoms with Gasteiger partial charge in [-0.3, -0.25) is 4.79 Å². The molecule has 0 aromatic rings. The van der Waals surface area contributed by atoms with Crippen LogP contribution in [0.3, 0.4) is 0 Å². The van der Waals surface area contributed by atoms with Crippen molar-refractivity contribution in [1.29, 1.82) is 0 Å². The molecule has 1 saturated heterocycles. The molecule has 0 aromatic heterocycles. The van der Waals surface area contributed by atoms with E-state index in [0.717, 1.165) is 25.9 Å². The van der Waals surface area contributed by atoms with Crippen molar-refractivity contribution in [3.8, 4) is 0 Å². The molecule has 2 aliphatic rings. The van der Waals surface area contributed by atoms with Gasteiger partial charge in [-0.05, 0) is 44.9 Å². The Labute approximate surface area is 124 Å². The van der Waals surface area contributed by atoms with Gasteiger partial charge in [-0.25, -0.2) is 0 Å². The number of nitrogens with zero attached hydrogens (tertiary/aromatic N) is 1. The summed E-state index contributed by atoms with van der Waals surface area (Å²) in [6.07, 6.45) is 1.31. The summed E-state index contributed by atoms with van der Waals surface area (Å²) < 4.78 is 37.7. The molecule has 2 rings (SSSR count). The molecule has 3 nitrogen and oxygen atoms in total. The highest BCUT2D eigenvalue weighted by Gasteiger charge is 2.41. The van der Waals surface area contributed by atoms with Crippen LogP contribution < -0.4 is 5.32 Å². The van der Waals surface area contributed by atoms with Gasteiger partial charge in [0.05, 0.1) is 5.92 Å². The van der Waals surface area contributed by atoms with Gasteiger partial charge < -0.3 is 10.2 Å². The van der Waals surface area contributed by atoms with Crippen molar-refractivity contribution < 1.29 is 18.0 Å². The summed E-state index contributed by atoms with van der Waals surface area (Å²) in [6.45, 7) is 2.29. The minimum absolute atomic E-state index is 0.137.